The number of halogens is 1. The fourth-order valence-corrected chi connectivity index (χ4v) is 1.40. The van der Waals surface area contributed by atoms with E-state index >= 15 is 0 Å². The Morgan fingerprint density at radius 1 is 1.25 bits per heavy atom. The summed E-state index contributed by atoms with van der Waals surface area (Å²) in [6.07, 6.45) is 3.22. The second-order valence-corrected chi connectivity index (χ2v) is 5.50. The lowest BCUT2D eigenvalue weighted by Crippen LogP contribution is -2.40. The summed E-state index contributed by atoms with van der Waals surface area (Å²) < 4.78 is 5.16. The minimum Gasteiger partial charge on any atom is -0.461 e. The molecule has 0 aliphatic rings. The van der Waals surface area contributed by atoms with Gasteiger partial charge in [-0.15, -0.1) is 12.4 Å². The van der Waals surface area contributed by atoms with Crippen molar-refractivity contribution in [2.75, 3.05) is 20.2 Å². The summed E-state index contributed by atoms with van der Waals surface area (Å²) in [4.78, 5) is 13.7. The molecule has 20 heavy (non-hydrogen) atoms. The third kappa shape index (κ3) is 7.31. The lowest BCUT2D eigenvalue weighted by atomic mass is 10.1. The number of carbonyl (C=O) groups excluding carboxylic acids is 1. The van der Waals surface area contributed by atoms with Crippen molar-refractivity contribution in [3.63, 3.8) is 0 Å². The maximum atomic E-state index is 11.5. The van der Waals surface area contributed by atoms with Crippen LogP contribution in [0.2, 0.25) is 0 Å². The Morgan fingerprint density at radius 2 is 1.85 bits per heavy atom. The van der Waals surface area contributed by atoms with E-state index in [0.29, 0.717) is 6.61 Å². The molecule has 0 bridgehead atoms. The molecule has 1 rings (SSSR count). The van der Waals surface area contributed by atoms with Crippen LogP contribution in [0.1, 0.15) is 26.3 Å². The van der Waals surface area contributed by atoms with Crippen LogP contribution in [0.4, 0.5) is 0 Å². The third-order valence-electron chi connectivity index (χ3n) is 3.03. The van der Waals surface area contributed by atoms with Gasteiger partial charge >= 0.3 is 5.97 Å². The van der Waals surface area contributed by atoms with Gasteiger partial charge in [-0.05, 0) is 39.5 Å². The van der Waals surface area contributed by atoms with E-state index in [0.717, 1.165) is 12.1 Å². The van der Waals surface area contributed by atoms with Crippen molar-refractivity contribution < 1.29 is 9.53 Å². The Hall–Kier alpha value is -1.32. The topological polar surface area (TPSA) is 29.5 Å². The zero-order valence-corrected chi connectivity index (χ0v) is 13.4. The second kappa shape index (κ2) is 8.77. The van der Waals surface area contributed by atoms with Crippen molar-refractivity contribution in [2.24, 2.45) is 0 Å². The first-order valence-corrected chi connectivity index (χ1v) is 6.51. The minimum atomic E-state index is -0.300. The van der Waals surface area contributed by atoms with Crippen LogP contribution in [0, 0.1) is 0 Å². The van der Waals surface area contributed by atoms with Crippen LogP contribution in [0.15, 0.2) is 36.4 Å². The fourth-order valence-electron chi connectivity index (χ4n) is 1.40. The average Bonchev–Trinajstić information content (AvgIpc) is 2.36. The third-order valence-corrected chi connectivity index (χ3v) is 3.03. The number of likely N-dealkylation sites (N-methyl/N-ethyl adjacent to an activating group) is 1. The monoisotopic (exact) mass is 297 g/mol. The van der Waals surface area contributed by atoms with Gasteiger partial charge in [0.2, 0.25) is 0 Å². The molecule has 112 valence electrons. The predicted octanol–water partition coefficient (Wildman–Crippen LogP) is 3.40. The molecule has 0 saturated carbocycles. The van der Waals surface area contributed by atoms with Crippen molar-refractivity contribution in [3.05, 3.63) is 42.0 Å². The van der Waals surface area contributed by atoms with Crippen molar-refractivity contribution in [1.82, 2.24) is 4.90 Å². The first-order chi connectivity index (χ1) is 8.89. The Kier molecular flexibility index (Phi) is 8.19. The zero-order chi connectivity index (χ0) is 14.3. The Morgan fingerprint density at radius 3 is 2.40 bits per heavy atom. The van der Waals surface area contributed by atoms with Gasteiger partial charge < -0.3 is 4.74 Å². The molecule has 0 radical (unpaired) electrons. The highest BCUT2D eigenvalue weighted by Gasteiger charge is 2.16. The quantitative estimate of drug-likeness (QED) is 0.616. The predicted molar refractivity (Wildman–Crippen MR) is 86.1 cm³/mol. The van der Waals surface area contributed by atoms with Crippen LogP contribution in [-0.2, 0) is 9.53 Å². The van der Waals surface area contributed by atoms with Crippen LogP contribution in [0.5, 0.6) is 0 Å². The van der Waals surface area contributed by atoms with E-state index in [9.17, 15) is 4.79 Å². The molecule has 3 nitrogen and oxygen atoms in total. The van der Waals surface area contributed by atoms with E-state index in [1.54, 1.807) is 6.08 Å². The normalized spacial score (nSPS) is 11.4. The highest BCUT2D eigenvalue weighted by Crippen LogP contribution is 2.09. The molecule has 0 atom stereocenters. The zero-order valence-electron chi connectivity index (χ0n) is 12.6. The SMILES string of the molecule is CN(CCOC(=O)C=Cc1ccccc1)C(C)(C)C.Cl. The van der Waals surface area contributed by atoms with Gasteiger partial charge in [0.1, 0.15) is 6.61 Å². The number of rotatable bonds is 5. The summed E-state index contributed by atoms with van der Waals surface area (Å²) in [6, 6.07) is 9.69. The van der Waals surface area contributed by atoms with Gasteiger partial charge in [0, 0.05) is 18.2 Å². The summed E-state index contributed by atoms with van der Waals surface area (Å²) in [6.45, 7) is 7.53. The molecule has 1 aromatic carbocycles. The molecule has 0 aliphatic heterocycles. The van der Waals surface area contributed by atoms with Crippen molar-refractivity contribution in [1.29, 1.82) is 0 Å². The highest BCUT2D eigenvalue weighted by atomic mass is 35.5. The lowest BCUT2D eigenvalue weighted by molar-refractivity contribution is -0.138. The van der Waals surface area contributed by atoms with Crippen molar-refractivity contribution >= 4 is 24.5 Å². The van der Waals surface area contributed by atoms with E-state index in [4.69, 9.17) is 4.74 Å². The summed E-state index contributed by atoms with van der Waals surface area (Å²) in [5.74, 6) is -0.300. The van der Waals surface area contributed by atoms with E-state index < -0.39 is 0 Å². The maximum Gasteiger partial charge on any atom is 0.330 e. The standard InChI is InChI=1S/C16H23NO2.ClH/c1-16(2,3)17(4)12-13-19-15(18)11-10-14-8-6-5-7-9-14;/h5-11H,12-13H2,1-4H3;1H. The van der Waals surface area contributed by atoms with Crippen LogP contribution in [-0.4, -0.2) is 36.6 Å². The van der Waals surface area contributed by atoms with Crippen LogP contribution < -0.4 is 0 Å². The Bertz CT molecular complexity index is 424. The number of nitrogens with zero attached hydrogens (tertiary/aromatic N) is 1. The molecular weight excluding hydrogens is 274 g/mol. The largest absolute Gasteiger partial charge is 0.461 e. The van der Waals surface area contributed by atoms with Gasteiger partial charge in [0.25, 0.3) is 0 Å². The molecule has 0 saturated heterocycles. The molecule has 0 heterocycles. The van der Waals surface area contributed by atoms with Crippen LogP contribution in [0.3, 0.4) is 0 Å². The van der Waals surface area contributed by atoms with Crippen molar-refractivity contribution in [3.8, 4) is 0 Å². The number of esters is 1. The van der Waals surface area contributed by atoms with Crippen molar-refractivity contribution in [2.45, 2.75) is 26.3 Å². The van der Waals surface area contributed by atoms with E-state index in [1.165, 1.54) is 6.08 Å². The summed E-state index contributed by atoms with van der Waals surface area (Å²) in [7, 11) is 2.02. The molecule has 0 aliphatic carbocycles. The fraction of sp³-hybridized carbons (Fsp3) is 0.438. The van der Waals surface area contributed by atoms with Gasteiger partial charge in [-0.2, -0.15) is 0 Å². The summed E-state index contributed by atoms with van der Waals surface area (Å²) in [5.41, 5.74) is 1.08. The Balaban J connectivity index is 0.00000361. The van der Waals surface area contributed by atoms with Gasteiger partial charge in [-0.25, -0.2) is 4.79 Å². The molecule has 0 aromatic heterocycles. The molecule has 1 aromatic rings. The van der Waals surface area contributed by atoms with E-state index in [2.05, 4.69) is 25.7 Å². The smallest absolute Gasteiger partial charge is 0.330 e. The van der Waals surface area contributed by atoms with Gasteiger partial charge in [0.05, 0.1) is 0 Å². The van der Waals surface area contributed by atoms with E-state index in [-0.39, 0.29) is 23.9 Å². The first kappa shape index (κ1) is 18.7. The number of hydrogen-bond acceptors (Lipinski definition) is 3. The molecule has 4 heteroatoms. The first-order valence-electron chi connectivity index (χ1n) is 6.51. The van der Waals surface area contributed by atoms with Crippen LogP contribution in [0.25, 0.3) is 6.08 Å². The molecule has 0 spiro atoms. The second-order valence-electron chi connectivity index (χ2n) is 5.50. The average molecular weight is 298 g/mol. The molecule has 0 N–H and O–H groups in total. The van der Waals surface area contributed by atoms with E-state index in [1.807, 2.05) is 37.4 Å². The minimum absolute atomic E-state index is 0. The molecule has 0 amide bonds. The Labute approximate surface area is 128 Å². The van der Waals surface area contributed by atoms with Gasteiger partial charge in [-0.3, -0.25) is 4.90 Å². The van der Waals surface area contributed by atoms with Crippen LogP contribution >= 0.6 is 12.4 Å². The maximum absolute atomic E-state index is 11.5. The summed E-state index contributed by atoms with van der Waals surface area (Å²) >= 11 is 0. The number of benzene rings is 1. The molecular formula is C16H24ClNO2. The summed E-state index contributed by atoms with van der Waals surface area (Å²) in [5, 5.41) is 0. The number of carbonyl (C=O) groups is 1. The molecule has 0 fully saturated rings. The number of hydrogen-bond donors (Lipinski definition) is 0. The lowest BCUT2D eigenvalue weighted by Gasteiger charge is -2.31. The molecule has 0 unspecified atom stereocenters. The number of ether oxygens (including phenoxy) is 1. The van der Waals surface area contributed by atoms with Gasteiger partial charge in [-0.1, -0.05) is 30.3 Å². The highest BCUT2D eigenvalue weighted by molar-refractivity contribution is 5.87. The van der Waals surface area contributed by atoms with Gasteiger partial charge in [0.15, 0.2) is 0 Å².